The van der Waals surface area contributed by atoms with E-state index in [9.17, 15) is 4.79 Å². The Morgan fingerprint density at radius 1 is 0.357 bits per heavy atom. The van der Waals surface area contributed by atoms with Gasteiger partial charge in [0.2, 0.25) is 0 Å². The Kier molecular flexibility index (Phi) is 37.3. The van der Waals surface area contributed by atoms with Crippen LogP contribution >= 0.6 is 0 Å². The number of aliphatic carboxylic acids is 1. The third kappa shape index (κ3) is 39.1. The maximum absolute atomic E-state index is 10.3. The van der Waals surface area contributed by atoms with Gasteiger partial charge in [0.05, 0.1) is 119 Å². The van der Waals surface area contributed by atoms with Crippen LogP contribution in [-0.4, -0.2) is 130 Å². The van der Waals surface area contributed by atoms with E-state index in [4.69, 9.17) is 47.7 Å². The van der Waals surface area contributed by atoms with E-state index in [0.29, 0.717) is 106 Å². The number of carbonyl (C=O) groups is 1. The van der Waals surface area contributed by atoms with Gasteiger partial charge in [0.1, 0.15) is 0 Å². The first kappa shape index (κ1) is 41.1. The van der Waals surface area contributed by atoms with Gasteiger partial charge in [-0.2, -0.15) is 0 Å². The summed E-state index contributed by atoms with van der Waals surface area (Å²) in [6, 6.07) is 0. The van der Waals surface area contributed by atoms with Crippen LogP contribution in [0, 0.1) is 0 Å². The van der Waals surface area contributed by atoms with Crippen molar-refractivity contribution in [3.63, 3.8) is 0 Å². The molecule has 0 saturated heterocycles. The van der Waals surface area contributed by atoms with E-state index in [0.717, 1.165) is 13.0 Å². The van der Waals surface area contributed by atoms with Crippen LogP contribution in [-0.2, 0) is 47.4 Å². The SMILES string of the molecule is CCCCCCCCCCCCOCCOCCOCCOCCOCCOCCOCCOCCOCCC(=O)O. The van der Waals surface area contributed by atoms with Gasteiger partial charge in [0.15, 0.2) is 0 Å². The van der Waals surface area contributed by atoms with Crippen LogP contribution in [0.3, 0.4) is 0 Å². The second-order valence-corrected chi connectivity index (χ2v) is 9.84. The molecule has 0 aromatic carbocycles. The molecule has 0 aliphatic heterocycles. The lowest BCUT2D eigenvalue weighted by Gasteiger charge is -2.09. The van der Waals surface area contributed by atoms with Crippen LogP contribution in [0.1, 0.15) is 77.6 Å². The molecule has 0 spiro atoms. The first-order valence-electron chi connectivity index (χ1n) is 16.2. The smallest absolute Gasteiger partial charge is 0.305 e. The average molecular weight is 611 g/mol. The van der Waals surface area contributed by atoms with Crippen LogP contribution in [0.2, 0.25) is 0 Å². The van der Waals surface area contributed by atoms with Gasteiger partial charge in [-0.15, -0.1) is 0 Å². The third-order valence-electron chi connectivity index (χ3n) is 6.08. The van der Waals surface area contributed by atoms with Crippen LogP contribution in [0.15, 0.2) is 0 Å². The van der Waals surface area contributed by atoms with Crippen molar-refractivity contribution in [2.75, 3.05) is 119 Å². The third-order valence-corrected chi connectivity index (χ3v) is 6.08. The van der Waals surface area contributed by atoms with Crippen LogP contribution in [0.25, 0.3) is 0 Å². The highest BCUT2D eigenvalue weighted by atomic mass is 16.6. The van der Waals surface area contributed by atoms with Crippen LogP contribution in [0.5, 0.6) is 0 Å². The molecular weight excluding hydrogens is 548 g/mol. The minimum absolute atomic E-state index is 0.00472. The molecule has 0 aliphatic rings. The Labute approximate surface area is 255 Å². The molecule has 0 radical (unpaired) electrons. The lowest BCUT2D eigenvalue weighted by Crippen LogP contribution is -2.15. The zero-order valence-electron chi connectivity index (χ0n) is 26.5. The van der Waals surface area contributed by atoms with E-state index >= 15 is 0 Å². The Morgan fingerprint density at radius 2 is 0.595 bits per heavy atom. The summed E-state index contributed by atoms with van der Waals surface area (Å²) in [6.07, 6.45) is 13.4. The Balaban J connectivity index is 3.03. The lowest BCUT2D eigenvalue weighted by molar-refractivity contribution is -0.138. The average Bonchev–Trinajstić information content (AvgIpc) is 2.98. The summed E-state index contributed by atoms with van der Waals surface area (Å²) in [5.41, 5.74) is 0. The predicted molar refractivity (Wildman–Crippen MR) is 161 cm³/mol. The number of hydrogen-bond donors (Lipinski definition) is 1. The highest BCUT2D eigenvalue weighted by Gasteiger charge is 1.98. The maximum atomic E-state index is 10.3. The Morgan fingerprint density at radius 3 is 0.881 bits per heavy atom. The van der Waals surface area contributed by atoms with Gasteiger partial charge in [-0.3, -0.25) is 4.79 Å². The number of hydrogen-bond acceptors (Lipinski definition) is 10. The monoisotopic (exact) mass is 610 g/mol. The fraction of sp³-hybridized carbons (Fsp3) is 0.968. The summed E-state index contributed by atoms with van der Waals surface area (Å²) in [5.74, 6) is -0.868. The quantitative estimate of drug-likeness (QED) is 0.0993. The number of carboxylic acid groups (broad SMARTS) is 1. The van der Waals surface area contributed by atoms with Crippen molar-refractivity contribution in [3.05, 3.63) is 0 Å². The van der Waals surface area contributed by atoms with E-state index < -0.39 is 5.97 Å². The normalized spacial score (nSPS) is 11.5. The molecule has 1 N–H and O–H groups in total. The van der Waals surface area contributed by atoms with Gasteiger partial charge < -0.3 is 47.7 Å². The topological polar surface area (TPSA) is 120 Å². The highest BCUT2D eigenvalue weighted by molar-refractivity contribution is 5.66. The van der Waals surface area contributed by atoms with E-state index in [1.54, 1.807) is 0 Å². The largest absolute Gasteiger partial charge is 0.481 e. The summed E-state index contributed by atoms with van der Waals surface area (Å²) < 4.78 is 48.9. The van der Waals surface area contributed by atoms with Gasteiger partial charge in [-0.25, -0.2) is 0 Å². The molecule has 0 bridgehead atoms. The number of ether oxygens (including phenoxy) is 9. The molecule has 0 saturated carbocycles. The van der Waals surface area contributed by atoms with Gasteiger partial charge in [-0.1, -0.05) is 64.7 Å². The zero-order chi connectivity index (χ0) is 30.4. The molecule has 0 aliphatic carbocycles. The van der Waals surface area contributed by atoms with Crippen LogP contribution in [0.4, 0.5) is 0 Å². The molecule has 0 amide bonds. The van der Waals surface area contributed by atoms with E-state index in [-0.39, 0.29) is 13.0 Å². The Bertz CT molecular complexity index is 511. The van der Waals surface area contributed by atoms with Crippen molar-refractivity contribution >= 4 is 5.97 Å². The molecule has 42 heavy (non-hydrogen) atoms. The van der Waals surface area contributed by atoms with Crippen molar-refractivity contribution < 1.29 is 52.5 Å². The molecular formula is C31H62O11. The number of unbranched alkanes of at least 4 members (excludes halogenated alkanes) is 9. The minimum atomic E-state index is -0.868. The van der Waals surface area contributed by atoms with Gasteiger partial charge in [0, 0.05) is 6.61 Å². The molecule has 0 aromatic heterocycles. The van der Waals surface area contributed by atoms with Crippen LogP contribution < -0.4 is 0 Å². The minimum Gasteiger partial charge on any atom is -0.481 e. The molecule has 0 rings (SSSR count). The fourth-order valence-electron chi connectivity index (χ4n) is 3.71. The molecule has 11 heteroatoms. The van der Waals surface area contributed by atoms with Crippen molar-refractivity contribution in [2.45, 2.75) is 77.6 Å². The molecule has 11 nitrogen and oxygen atoms in total. The number of carboxylic acids is 1. The van der Waals surface area contributed by atoms with E-state index in [1.165, 1.54) is 57.8 Å². The second kappa shape index (κ2) is 38.1. The zero-order valence-corrected chi connectivity index (χ0v) is 26.5. The van der Waals surface area contributed by atoms with E-state index in [1.807, 2.05) is 0 Å². The lowest BCUT2D eigenvalue weighted by atomic mass is 10.1. The molecule has 252 valence electrons. The summed E-state index contributed by atoms with van der Waals surface area (Å²) >= 11 is 0. The van der Waals surface area contributed by atoms with Gasteiger partial charge in [-0.05, 0) is 6.42 Å². The van der Waals surface area contributed by atoms with Gasteiger partial charge in [0.25, 0.3) is 0 Å². The number of rotatable bonds is 38. The first-order valence-corrected chi connectivity index (χ1v) is 16.2. The molecule has 0 fully saturated rings. The molecule has 0 atom stereocenters. The summed E-state index contributed by atoms with van der Waals surface area (Å²) in [5, 5.41) is 8.48. The van der Waals surface area contributed by atoms with Crippen molar-refractivity contribution in [2.24, 2.45) is 0 Å². The summed E-state index contributed by atoms with van der Waals surface area (Å²) in [6.45, 7) is 11.5. The molecule has 0 unspecified atom stereocenters. The summed E-state index contributed by atoms with van der Waals surface area (Å²) in [4.78, 5) is 10.3. The van der Waals surface area contributed by atoms with Crippen molar-refractivity contribution in [1.82, 2.24) is 0 Å². The Hall–Kier alpha value is -0.890. The highest BCUT2D eigenvalue weighted by Crippen LogP contribution is 2.10. The predicted octanol–water partition coefficient (Wildman–Crippen LogP) is 4.53. The second-order valence-electron chi connectivity index (χ2n) is 9.84. The standard InChI is InChI=1S/C31H62O11/c1-2-3-4-5-6-7-8-9-10-11-13-34-15-17-36-19-21-38-23-25-40-27-29-42-30-28-41-26-24-39-22-20-37-18-16-35-14-12-31(32)33/h2-30H2,1H3,(H,32,33). The fourth-order valence-corrected chi connectivity index (χ4v) is 3.71. The molecule has 0 aromatic rings. The van der Waals surface area contributed by atoms with E-state index in [2.05, 4.69) is 6.92 Å². The van der Waals surface area contributed by atoms with Crippen molar-refractivity contribution in [3.8, 4) is 0 Å². The maximum Gasteiger partial charge on any atom is 0.305 e. The summed E-state index contributed by atoms with van der Waals surface area (Å²) in [7, 11) is 0. The first-order chi connectivity index (χ1) is 20.8. The molecule has 0 heterocycles. The van der Waals surface area contributed by atoms with Gasteiger partial charge >= 0.3 is 5.97 Å². The van der Waals surface area contributed by atoms with Crippen molar-refractivity contribution in [1.29, 1.82) is 0 Å².